The molecule has 2 rings (SSSR count). The second-order valence-corrected chi connectivity index (χ2v) is 10.1. The van der Waals surface area contributed by atoms with Crippen LogP contribution in [-0.4, -0.2) is 38.4 Å². The third-order valence-corrected chi connectivity index (χ3v) is 6.65. The van der Waals surface area contributed by atoms with Gasteiger partial charge in [-0.1, -0.05) is 32.9 Å². The summed E-state index contributed by atoms with van der Waals surface area (Å²) in [5.74, 6) is -0.818. The molecule has 0 atom stereocenters. The van der Waals surface area contributed by atoms with Crippen molar-refractivity contribution in [1.29, 1.82) is 0 Å². The van der Waals surface area contributed by atoms with Gasteiger partial charge in [0.1, 0.15) is 0 Å². The summed E-state index contributed by atoms with van der Waals surface area (Å²) in [6, 6.07) is 4.14. The van der Waals surface area contributed by atoms with Crippen molar-refractivity contribution in [2.45, 2.75) is 51.1 Å². The highest BCUT2D eigenvalue weighted by molar-refractivity contribution is 7.89. The lowest BCUT2D eigenvalue weighted by Gasteiger charge is -2.31. The molecule has 0 aliphatic carbocycles. The predicted octanol–water partition coefficient (Wildman–Crippen LogP) is 4.09. The summed E-state index contributed by atoms with van der Waals surface area (Å²) in [5, 5.41) is 0. The average Bonchev–Trinajstić information content (AvgIpc) is 2.60. The Morgan fingerprint density at radius 1 is 1.14 bits per heavy atom. The highest BCUT2D eigenvalue weighted by Gasteiger charge is 2.40. The number of sulfonamides is 1. The number of rotatable bonds is 5. The predicted molar refractivity (Wildman–Crippen MR) is 98.0 cm³/mol. The van der Waals surface area contributed by atoms with Gasteiger partial charge in [-0.05, 0) is 36.8 Å². The van der Waals surface area contributed by atoms with E-state index in [2.05, 4.69) is 0 Å². The van der Waals surface area contributed by atoms with E-state index in [1.165, 1.54) is 6.07 Å². The second-order valence-electron chi connectivity index (χ2n) is 8.15. The van der Waals surface area contributed by atoms with E-state index in [9.17, 15) is 26.4 Å². The van der Waals surface area contributed by atoms with E-state index in [0.717, 1.165) is 22.5 Å². The van der Waals surface area contributed by atoms with E-state index < -0.39 is 32.6 Å². The molecule has 0 bridgehead atoms. The molecule has 0 spiro atoms. The van der Waals surface area contributed by atoms with Crippen molar-refractivity contribution >= 4 is 16.0 Å². The van der Waals surface area contributed by atoms with Gasteiger partial charge in [0.2, 0.25) is 10.0 Å². The maximum absolute atomic E-state index is 13.2. The Balaban J connectivity index is 2.02. The van der Waals surface area contributed by atoms with Crippen molar-refractivity contribution in [1.82, 2.24) is 4.31 Å². The van der Waals surface area contributed by atoms with Crippen LogP contribution in [0.5, 0.6) is 0 Å². The third-order valence-electron chi connectivity index (χ3n) is 4.69. The molecule has 0 saturated carbocycles. The molecule has 0 aromatic heterocycles. The fourth-order valence-electron chi connectivity index (χ4n) is 2.97. The van der Waals surface area contributed by atoms with E-state index in [0.29, 0.717) is 13.0 Å². The molecule has 1 aromatic rings. The van der Waals surface area contributed by atoms with Crippen LogP contribution >= 0.6 is 0 Å². The van der Waals surface area contributed by atoms with Crippen LogP contribution in [0.2, 0.25) is 0 Å². The van der Waals surface area contributed by atoms with Crippen LogP contribution < -0.4 is 0 Å². The summed E-state index contributed by atoms with van der Waals surface area (Å²) in [7, 11) is -4.30. The van der Waals surface area contributed by atoms with Gasteiger partial charge in [0.15, 0.2) is 0 Å². The fraction of sp³-hybridized carbons (Fsp3) is 0.632. The van der Waals surface area contributed by atoms with Gasteiger partial charge in [-0.15, -0.1) is 0 Å². The molecule has 158 valence electrons. The van der Waals surface area contributed by atoms with Crippen molar-refractivity contribution in [3.63, 3.8) is 0 Å². The first-order valence-corrected chi connectivity index (χ1v) is 10.6. The van der Waals surface area contributed by atoms with Crippen molar-refractivity contribution in [3.8, 4) is 0 Å². The molecule has 5 nitrogen and oxygen atoms in total. The van der Waals surface area contributed by atoms with Crippen molar-refractivity contribution in [2.75, 3.05) is 19.7 Å². The van der Waals surface area contributed by atoms with Gasteiger partial charge >= 0.3 is 12.1 Å². The van der Waals surface area contributed by atoms with Crippen LogP contribution in [0.25, 0.3) is 0 Å². The zero-order valence-electron chi connectivity index (χ0n) is 16.3. The molecule has 0 radical (unpaired) electrons. The largest absolute Gasteiger partial charge is 0.465 e. The number of carbonyl (C=O) groups is 1. The standard InChI is InChI=1S/C19H26F3NO4S/c1-18(2,3)10-13-27-17(24)14-8-11-23(12-9-14)28(25,26)16-7-5-4-6-15(16)19(20,21)22/h4-7,14H,8-13H2,1-3H3. The van der Waals surface area contributed by atoms with Gasteiger partial charge in [-0.25, -0.2) is 8.42 Å². The quantitative estimate of drug-likeness (QED) is 0.672. The Morgan fingerprint density at radius 3 is 2.25 bits per heavy atom. The smallest absolute Gasteiger partial charge is 0.417 e. The zero-order valence-corrected chi connectivity index (χ0v) is 17.1. The number of alkyl halides is 3. The molecule has 0 amide bonds. The summed E-state index contributed by atoms with van der Waals surface area (Å²) in [4.78, 5) is 11.4. The zero-order chi connectivity index (χ0) is 21.2. The normalized spacial score (nSPS) is 17.5. The van der Waals surface area contributed by atoms with Crippen LogP contribution in [0.3, 0.4) is 0 Å². The van der Waals surface area contributed by atoms with Gasteiger partial charge in [0.05, 0.1) is 23.0 Å². The van der Waals surface area contributed by atoms with Crippen molar-refractivity contribution in [3.05, 3.63) is 29.8 Å². The van der Waals surface area contributed by atoms with E-state index in [-0.39, 0.29) is 37.3 Å². The number of esters is 1. The molecular formula is C19H26F3NO4S. The Bertz CT molecular complexity index is 792. The van der Waals surface area contributed by atoms with Crippen molar-refractivity contribution in [2.24, 2.45) is 11.3 Å². The van der Waals surface area contributed by atoms with Crippen LogP contribution in [-0.2, 0) is 25.7 Å². The molecule has 1 fully saturated rings. The van der Waals surface area contributed by atoms with Gasteiger partial charge in [0.25, 0.3) is 0 Å². The second kappa shape index (κ2) is 8.41. The average molecular weight is 421 g/mol. The van der Waals surface area contributed by atoms with Crippen LogP contribution in [0.4, 0.5) is 13.2 Å². The molecular weight excluding hydrogens is 395 g/mol. The Hall–Kier alpha value is -1.61. The molecule has 0 unspecified atom stereocenters. The lowest BCUT2D eigenvalue weighted by atomic mass is 9.93. The molecule has 1 aliphatic rings. The molecule has 9 heteroatoms. The summed E-state index contributed by atoms with van der Waals surface area (Å²) < 4.78 is 71.2. The topological polar surface area (TPSA) is 63.7 Å². The van der Waals surface area contributed by atoms with Gasteiger partial charge in [-0.3, -0.25) is 4.79 Å². The Morgan fingerprint density at radius 2 is 1.71 bits per heavy atom. The molecule has 28 heavy (non-hydrogen) atoms. The number of ether oxygens (including phenoxy) is 1. The van der Waals surface area contributed by atoms with E-state index >= 15 is 0 Å². The molecule has 1 heterocycles. The lowest BCUT2D eigenvalue weighted by molar-refractivity contribution is -0.150. The SMILES string of the molecule is CC(C)(C)CCOC(=O)C1CCN(S(=O)(=O)c2ccccc2C(F)(F)F)CC1. The number of hydrogen-bond acceptors (Lipinski definition) is 4. The molecule has 1 saturated heterocycles. The molecule has 1 aromatic carbocycles. The van der Waals surface area contributed by atoms with E-state index in [1.54, 1.807) is 0 Å². The minimum absolute atomic E-state index is 0.0203. The maximum Gasteiger partial charge on any atom is 0.417 e. The minimum atomic E-state index is -4.77. The number of hydrogen-bond donors (Lipinski definition) is 0. The third kappa shape index (κ3) is 5.70. The molecule has 0 N–H and O–H groups in total. The summed E-state index contributed by atoms with van der Waals surface area (Å²) in [6.45, 7) is 6.34. The first-order chi connectivity index (χ1) is 12.8. The fourth-order valence-corrected chi connectivity index (χ4v) is 4.65. The number of piperidine rings is 1. The highest BCUT2D eigenvalue weighted by Crippen LogP contribution is 2.36. The first-order valence-electron chi connectivity index (χ1n) is 9.15. The monoisotopic (exact) mass is 421 g/mol. The van der Waals surface area contributed by atoms with Crippen LogP contribution in [0, 0.1) is 11.3 Å². The summed E-state index contributed by atoms with van der Waals surface area (Å²) in [6.07, 6.45) is -3.61. The lowest BCUT2D eigenvalue weighted by Crippen LogP contribution is -2.41. The van der Waals surface area contributed by atoms with Gasteiger partial charge < -0.3 is 4.74 Å². The van der Waals surface area contributed by atoms with Crippen LogP contribution in [0.1, 0.15) is 45.6 Å². The Labute approximate surface area is 163 Å². The first kappa shape index (κ1) is 22.7. The molecule has 1 aliphatic heterocycles. The number of carbonyl (C=O) groups excluding carboxylic acids is 1. The van der Waals surface area contributed by atoms with E-state index in [1.807, 2.05) is 20.8 Å². The maximum atomic E-state index is 13.2. The van der Waals surface area contributed by atoms with Gasteiger partial charge in [0, 0.05) is 13.1 Å². The Kier molecular flexibility index (Phi) is 6.81. The minimum Gasteiger partial charge on any atom is -0.465 e. The summed E-state index contributed by atoms with van der Waals surface area (Å²) >= 11 is 0. The number of benzene rings is 1. The van der Waals surface area contributed by atoms with E-state index in [4.69, 9.17) is 4.74 Å². The number of nitrogens with zero attached hydrogens (tertiary/aromatic N) is 1. The van der Waals surface area contributed by atoms with Crippen LogP contribution in [0.15, 0.2) is 29.2 Å². The number of halogens is 3. The highest BCUT2D eigenvalue weighted by atomic mass is 32.2. The van der Waals surface area contributed by atoms with Gasteiger partial charge in [-0.2, -0.15) is 17.5 Å². The summed E-state index contributed by atoms with van der Waals surface area (Å²) in [5.41, 5.74) is -1.15. The van der Waals surface area contributed by atoms with Crippen molar-refractivity contribution < 1.29 is 31.1 Å².